The van der Waals surface area contributed by atoms with Crippen LogP contribution in [-0.2, 0) is 26.9 Å². The fraction of sp³-hybridized carbons (Fsp3) is 0.500. The van der Waals surface area contributed by atoms with E-state index in [0.29, 0.717) is 6.54 Å². The van der Waals surface area contributed by atoms with Gasteiger partial charge in [0.05, 0.1) is 11.8 Å². The molecular formula is C14H21ClN2O3S. The normalized spacial score (nSPS) is 18.0. The smallest absolute Gasteiger partial charge is 0.237 e. The summed E-state index contributed by atoms with van der Waals surface area (Å²) in [6.07, 6.45) is 3.15. The number of sulfone groups is 1. The summed E-state index contributed by atoms with van der Waals surface area (Å²) < 4.78 is 22.4. The van der Waals surface area contributed by atoms with Crippen LogP contribution in [0, 0.1) is 0 Å². The summed E-state index contributed by atoms with van der Waals surface area (Å²) in [6, 6.07) is 7.21. The van der Waals surface area contributed by atoms with Crippen molar-refractivity contribution in [2.75, 3.05) is 12.8 Å². The quantitative estimate of drug-likeness (QED) is 0.844. The average molecular weight is 333 g/mol. The topological polar surface area (TPSA) is 75.3 Å². The Labute approximate surface area is 131 Å². The van der Waals surface area contributed by atoms with Crippen molar-refractivity contribution in [2.45, 2.75) is 31.2 Å². The second kappa shape index (κ2) is 7.77. The van der Waals surface area contributed by atoms with Gasteiger partial charge in [-0.25, -0.2) is 8.42 Å². The van der Waals surface area contributed by atoms with Crippen molar-refractivity contribution < 1.29 is 13.2 Å². The van der Waals surface area contributed by atoms with E-state index in [-0.39, 0.29) is 30.1 Å². The molecule has 118 valence electrons. The molecule has 1 aromatic carbocycles. The van der Waals surface area contributed by atoms with Crippen LogP contribution in [0.3, 0.4) is 0 Å². The van der Waals surface area contributed by atoms with Crippen molar-refractivity contribution in [1.82, 2.24) is 10.6 Å². The summed E-state index contributed by atoms with van der Waals surface area (Å²) in [5, 5.41) is 6.04. The van der Waals surface area contributed by atoms with Crippen LogP contribution in [-0.4, -0.2) is 33.2 Å². The Bertz CT molecular complexity index is 566. The number of hydrogen-bond donors (Lipinski definition) is 2. The number of rotatable bonds is 5. The lowest BCUT2D eigenvalue weighted by Crippen LogP contribution is -2.39. The van der Waals surface area contributed by atoms with E-state index in [4.69, 9.17) is 0 Å². The van der Waals surface area contributed by atoms with Crippen LogP contribution in [0.1, 0.15) is 24.0 Å². The van der Waals surface area contributed by atoms with E-state index in [1.165, 1.54) is 6.26 Å². The molecule has 2 N–H and O–H groups in total. The first-order valence-corrected chi connectivity index (χ1v) is 8.77. The Balaban J connectivity index is 0.00000220. The summed E-state index contributed by atoms with van der Waals surface area (Å²) in [4.78, 5) is 11.8. The van der Waals surface area contributed by atoms with Gasteiger partial charge in [0, 0.05) is 12.8 Å². The van der Waals surface area contributed by atoms with Crippen LogP contribution in [0.15, 0.2) is 24.3 Å². The molecule has 1 saturated heterocycles. The number of halogens is 1. The molecule has 1 unspecified atom stereocenters. The highest BCUT2D eigenvalue weighted by Gasteiger charge is 2.21. The first-order chi connectivity index (χ1) is 9.44. The van der Waals surface area contributed by atoms with Gasteiger partial charge in [0.2, 0.25) is 5.91 Å². The van der Waals surface area contributed by atoms with E-state index < -0.39 is 9.84 Å². The Kier molecular flexibility index (Phi) is 6.64. The molecule has 0 aliphatic carbocycles. The molecular weight excluding hydrogens is 312 g/mol. The Morgan fingerprint density at radius 1 is 1.29 bits per heavy atom. The summed E-state index contributed by atoms with van der Waals surface area (Å²) >= 11 is 0. The predicted molar refractivity (Wildman–Crippen MR) is 85.1 cm³/mol. The second-order valence-corrected chi connectivity index (χ2v) is 7.39. The Hall–Kier alpha value is -1.11. The fourth-order valence-corrected chi connectivity index (χ4v) is 3.07. The van der Waals surface area contributed by atoms with Gasteiger partial charge in [0.15, 0.2) is 9.84 Å². The largest absolute Gasteiger partial charge is 0.351 e. The summed E-state index contributed by atoms with van der Waals surface area (Å²) in [5.74, 6) is 0.0775. The van der Waals surface area contributed by atoms with Crippen LogP contribution in [0.2, 0.25) is 0 Å². The zero-order valence-corrected chi connectivity index (χ0v) is 13.6. The molecule has 0 spiro atoms. The highest BCUT2D eigenvalue weighted by Crippen LogP contribution is 2.09. The van der Waals surface area contributed by atoms with Crippen LogP contribution < -0.4 is 10.6 Å². The fourth-order valence-electron chi connectivity index (χ4n) is 2.28. The Morgan fingerprint density at radius 3 is 2.43 bits per heavy atom. The maximum atomic E-state index is 11.8. The van der Waals surface area contributed by atoms with E-state index in [1.807, 2.05) is 12.1 Å². The van der Waals surface area contributed by atoms with Crippen LogP contribution in [0.25, 0.3) is 0 Å². The first kappa shape index (κ1) is 17.9. The summed E-state index contributed by atoms with van der Waals surface area (Å²) in [6.45, 7) is 1.37. The van der Waals surface area contributed by atoms with Gasteiger partial charge in [0.25, 0.3) is 0 Å². The van der Waals surface area contributed by atoms with E-state index >= 15 is 0 Å². The zero-order chi connectivity index (χ0) is 14.6. The molecule has 0 bridgehead atoms. The number of amides is 1. The summed E-state index contributed by atoms with van der Waals surface area (Å²) in [7, 11) is -3.00. The van der Waals surface area contributed by atoms with Crippen molar-refractivity contribution >= 4 is 28.2 Å². The van der Waals surface area contributed by atoms with Crippen molar-refractivity contribution in [3.63, 3.8) is 0 Å². The highest BCUT2D eigenvalue weighted by molar-refractivity contribution is 7.89. The van der Waals surface area contributed by atoms with Crippen molar-refractivity contribution in [1.29, 1.82) is 0 Å². The van der Waals surface area contributed by atoms with Gasteiger partial charge in [-0.3, -0.25) is 4.79 Å². The van der Waals surface area contributed by atoms with Gasteiger partial charge in [-0.15, -0.1) is 12.4 Å². The Morgan fingerprint density at radius 2 is 1.90 bits per heavy atom. The average Bonchev–Trinajstić information content (AvgIpc) is 2.89. The third-order valence-electron chi connectivity index (χ3n) is 3.30. The van der Waals surface area contributed by atoms with Crippen LogP contribution in [0.4, 0.5) is 0 Å². The molecule has 1 amide bonds. The van der Waals surface area contributed by atoms with Crippen LogP contribution >= 0.6 is 12.4 Å². The second-order valence-electron chi connectivity index (χ2n) is 5.25. The molecule has 7 heteroatoms. The molecule has 0 radical (unpaired) electrons. The van der Waals surface area contributed by atoms with E-state index in [9.17, 15) is 13.2 Å². The molecule has 1 aliphatic rings. The monoisotopic (exact) mass is 332 g/mol. The molecule has 1 heterocycles. The van der Waals surface area contributed by atoms with Crippen molar-refractivity contribution in [3.8, 4) is 0 Å². The maximum absolute atomic E-state index is 11.8. The molecule has 5 nitrogen and oxygen atoms in total. The number of carbonyl (C=O) groups excluding carboxylic acids is 1. The minimum Gasteiger partial charge on any atom is -0.351 e. The lowest BCUT2D eigenvalue weighted by molar-refractivity contribution is -0.122. The van der Waals surface area contributed by atoms with Gasteiger partial charge in [-0.2, -0.15) is 0 Å². The van der Waals surface area contributed by atoms with Crippen molar-refractivity contribution in [3.05, 3.63) is 35.4 Å². The van der Waals surface area contributed by atoms with Crippen LogP contribution in [0.5, 0.6) is 0 Å². The standard InChI is InChI=1S/C14H20N2O3S.ClH/c1-20(18,19)10-12-6-4-11(5-7-12)9-16-14(17)13-3-2-8-15-13;/h4-7,13,15H,2-3,8-10H2,1H3,(H,16,17);1H. The van der Waals surface area contributed by atoms with Gasteiger partial charge in [-0.05, 0) is 30.5 Å². The molecule has 1 aromatic rings. The molecule has 1 aliphatic heterocycles. The first-order valence-electron chi connectivity index (χ1n) is 6.71. The lowest BCUT2D eigenvalue weighted by atomic mass is 10.1. The minimum atomic E-state index is -3.00. The number of nitrogens with one attached hydrogen (secondary N) is 2. The molecule has 1 fully saturated rings. The van der Waals surface area contributed by atoms with E-state index in [2.05, 4.69) is 10.6 Å². The number of hydrogen-bond acceptors (Lipinski definition) is 4. The third-order valence-corrected chi connectivity index (χ3v) is 4.15. The predicted octanol–water partition coefficient (Wildman–Crippen LogP) is 1.02. The third kappa shape index (κ3) is 6.03. The minimum absolute atomic E-state index is 0. The van der Waals surface area contributed by atoms with Gasteiger partial charge in [-0.1, -0.05) is 24.3 Å². The molecule has 2 rings (SSSR count). The highest BCUT2D eigenvalue weighted by atomic mass is 35.5. The molecule has 0 saturated carbocycles. The lowest BCUT2D eigenvalue weighted by Gasteiger charge is -2.11. The van der Waals surface area contributed by atoms with E-state index in [1.54, 1.807) is 12.1 Å². The molecule has 1 atom stereocenters. The number of benzene rings is 1. The van der Waals surface area contributed by atoms with Crippen molar-refractivity contribution in [2.24, 2.45) is 0 Å². The zero-order valence-electron chi connectivity index (χ0n) is 12.0. The maximum Gasteiger partial charge on any atom is 0.237 e. The summed E-state index contributed by atoms with van der Waals surface area (Å²) in [5.41, 5.74) is 1.73. The van der Waals surface area contributed by atoms with Gasteiger partial charge >= 0.3 is 0 Å². The van der Waals surface area contributed by atoms with E-state index in [0.717, 1.165) is 30.5 Å². The van der Waals surface area contributed by atoms with Gasteiger partial charge in [0.1, 0.15) is 0 Å². The number of carbonyl (C=O) groups is 1. The SMILES string of the molecule is CS(=O)(=O)Cc1ccc(CNC(=O)C2CCCN2)cc1.Cl. The molecule has 0 aromatic heterocycles. The van der Waals surface area contributed by atoms with Gasteiger partial charge < -0.3 is 10.6 Å². The molecule has 21 heavy (non-hydrogen) atoms.